The molecule has 1 saturated heterocycles. The minimum atomic E-state index is -0.296. The summed E-state index contributed by atoms with van der Waals surface area (Å²) in [7, 11) is 0. The molecule has 4 nitrogen and oxygen atoms in total. The number of carbonyl (C=O) groups excluding carboxylic acids is 2. The first-order chi connectivity index (χ1) is 11.5. The first kappa shape index (κ1) is 18.7. The maximum Gasteiger partial charge on any atom is 0.249 e. The zero-order valence-electron chi connectivity index (χ0n) is 15.2. The topological polar surface area (TPSA) is 46.6 Å². The van der Waals surface area contributed by atoms with Crippen molar-refractivity contribution in [1.29, 1.82) is 0 Å². The van der Waals surface area contributed by atoms with Gasteiger partial charge >= 0.3 is 0 Å². The second-order valence-corrected chi connectivity index (χ2v) is 7.07. The lowest BCUT2D eigenvalue weighted by Gasteiger charge is -2.32. The van der Waals surface area contributed by atoms with Gasteiger partial charge < -0.3 is 9.64 Å². The molecule has 1 aromatic carbocycles. The summed E-state index contributed by atoms with van der Waals surface area (Å²) in [6.07, 6.45) is 1.35. The SMILES string of the molecule is CCC(=O)C1C(C)CC(C(C)C)N1C(=O)COCc1ccccc1. The largest absolute Gasteiger partial charge is 0.367 e. The third-order valence-electron chi connectivity index (χ3n) is 4.88. The van der Waals surface area contributed by atoms with E-state index < -0.39 is 0 Å². The predicted octanol–water partition coefficient (Wildman–Crippen LogP) is 3.44. The summed E-state index contributed by atoms with van der Waals surface area (Å²) in [4.78, 5) is 27.0. The lowest BCUT2D eigenvalue weighted by atomic mass is 9.94. The molecular formula is C20H29NO3. The van der Waals surface area contributed by atoms with Gasteiger partial charge in [-0.2, -0.15) is 0 Å². The number of Topliss-reactive ketones (excluding diaryl/α,β-unsaturated/α-hetero) is 1. The highest BCUT2D eigenvalue weighted by Gasteiger charge is 2.45. The summed E-state index contributed by atoms with van der Waals surface area (Å²) < 4.78 is 5.62. The zero-order chi connectivity index (χ0) is 17.7. The van der Waals surface area contributed by atoms with Gasteiger partial charge in [-0.05, 0) is 23.8 Å². The van der Waals surface area contributed by atoms with Crippen molar-refractivity contribution in [2.75, 3.05) is 6.61 Å². The molecule has 0 spiro atoms. The second-order valence-electron chi connectivity index (χ2n) is 7.07. The van der Waals surface area contributed by atoms with E-state index in [-0.39, 0.29) is 36.3 Å². The normalized spacial score (nSPS) is 23.7. The van der Waals surface area contributed by atoms with E-state index in [4.69, 9.17) is 4.74 Å². The number of ketones is 1. The van der Waals surface area contributed by atoms with Gasteiger partial charge in [0.25, 0.3) is 0 Å². The van der Waals surface area contributed by atoms with Crippen LogP contribution in [0.2, 0.25) is 0 Å². The monoisotopic (exact) mass is 331 g/mol. The molecule has 0 aromatic heterocycles. The number of benzene rings is 1. The summed E-state index contributed by atoms with van der Waals surface area (Å²) in [5.41, 5.74) is 1.04. The Labute approximate surface area is 145 Å². The summed E-state index contributed by atoms with van der Waals surface area (Å²) in [6.45, 7) is 8.60. The molecule has 4 heteroatoms. The molecule has 0 bridgehead atoms. The molecule has 3 unspecified atom stereocenters. The van der Waals surface area contributed by atoms with Gasteiger partial charge in [-0.15, -0.1) is 0 Å². The molecule has 0 aliphatic carbocycles. The number of rotatable bonds is 7. The highest BCUT2D eigenvalue weighted by atomic mass is 16.5. The van der Waals surface area contributed by atoms with Crippen molar-refractivity contribution < 1.29 is 14.3 Å². The quantitative estimate of drug-likeness (QED) is 0.769. The third kappa shape index (κ3) is 4.23. The molecule has 2 rings (SSSR count). The molecule has 132 valence electrons. The predicted molar refractivity (Wildman–Crippen MR) is 94.4 cm³/mol. The summed E-state index contributed by atoms with van der Waals surface area (Å²) in [5, 5.41) is 0. The Morgan fingerprint density at radius 3 is 2.50 bits per heavy atom. The van der Waals surface area contributed by atoms with Gasteiger partial charge in [-0.1, -0.05) is 58.0 Å². The molecule has 1 heterocycles. The van der Waals surface area contributed by atoms with E-state index in [0.29, 0.717) is 18.9 Å². The standard InChI is InChI=1S/C20H29NO3/c1-5-18(22)20-15(4)11-17(14(2)3)21(20)19(23)13-24-12-16-9-7-6-8-10-16/h6-10,14-15,17,20H,5,11-13H2,1-4H3. The number of amides is 1. The van der Waals surface area contributed by atoms with Gasteiger partial charge in [0.15, 0.2) is 5.78 Å². The van der Waals surface area contributed by atoms with Crippen LogP contribution in [-0.4, -0.2) is 35.3 Å². The van der Waals surface area contributed by atoms with Gasteiger partial charge in [-0.3, -0.25) is 9.59 Å². The summed E-state index contributed by atoms with van der Waals surface area (Å²) in [5.74, 6) is 0.631. The van der Waals surface area contributed by atoms with Crippen LogP contribution in [0.3, 0.4) is 0 Å². The van der Waals surface area contributed by atoms with Crippen LogP contribution in [-0.2, 0) is 20.9 Å². The first-order valence-corrected chi connectivity index (χ1v) is 8.91. The lowest BCUT2D eigenvalue weighted by Crippen LogP contribution is -2.49. The van der Waals surface area contributed by atoms with E-state index >= 15 is 0 Å². The van der Waals surface area contributed by atoms with Crippen LogP contribution in [0, 0.1) is 11.8 Å². The van der Waals surface area contributed by atoms with E-state index in [1.54, 1.807) is 0 Å². The lowest BCUT2D eigenvalue weighted by molar-refractivity contribution is -0.145. The number of hydrogen-bond acceptors (Lipinski definition) is 3. The molecule has 1 amide bonds. The first-order valence-electron chi connectivity index (χ1n) is 8.91. The average molecular weight is 331 g/mol. The van der Waals surface area contributed by atoms with E-state index in [0.717, 1.165) is 12.0 Å². The molecule has 1 fully saturated rings. The maximum absolute atomic E-state index is 12.8. The Morgan fingerprint density at radius 2 is 1.92 bits per heavy atom. The third-order valence-corrected chi connectivity index (χ3v) is 4.88. The summed E-state index contributed by atoms with van der Waals surface area (Å²) >= 11 is 0. The van der Waals surface area contributed by atoms with E-state index in [1.807, 2.05) is 42.2 Å². The minimum Gasteiger partial charge on any atom is -0.367 e. The van der Waals surface area contributed by atoms with Crippen LogP contribution >= 0.6 is 0 Å². The van der Waals surface area contributed by atoms with Gasteiger partial charge in [0, 0.05) is 12.5 Å². The average Bonchev–Trinajstić information content (AvgIpc) is 2.92. The molecule has 1 aliphatic rings. The summed E-state index contributed by atoms with van der Waals surface area (Å²) in [6, 6.07) is 9.63. The molecule has 1 aromatic rings. The number of nitrogens with zero attached hydrogens (tertiary/aromatic N) is 1. The Bertz CT molecular complexity index is 555. The van der Waals surface area contributed by atoms with E-state index in [2.05, 4.69) is 20.8 Å². The number of ether oxygens (including phenoxy) is 1. The van der Waals surface area contributed by atoms with Gasteiger partial charge in [0.1, 0.15) is 6.61 Å². The van der Waals surface area contributed by atoms with E-state index in [1.165, 1.54) is 0 Å². The van der Waals surface area contributed by atoms with Crippen LogP contribution in [0.4, 0.5) is 0 Å². The zero-order valence-corrected chi connectivity index (χ0v) is 15.2. The van der Waals surface area contributed by atoms with Gasteiger partial charge in [-0.25, -0.2) is 0 Å². The fraction of sp³-hybridized carbons (Fsp3) is 0.600. The molecule has 0 radical (unpaired) electrons. The van der Waals surface area contributed by atoms with Crippen LogP contribution < -0.4 is 0 Å². The van der Waals surface area contributed by atoms with Gasteiger partial charge in [0.2, 0.25) is 5.91 Å². The van der Waals surface area contributed by atoms with Crippen LogP contribution in [0.1, 0.15) is 46.1 Å². The fourth-order valence-electron chi connectivity index (χ4n) is 3.62. The molecule has 24 heavy (non-hydrogen) atoms. The van der Waals surface area contributed by atoms with Crippen molar-refractivity contribution in [3.8, 4) is 0 Å². The highest BCUT2D eigenvalue weighted by Crippen LogP contribution is 2.34. The second kappa shape index (κ2) is 8.43. The number of likely N-dealkylation sites (tertiary alicyclic amines) is 1. The van der Waals surface area contributed by atoms with Crippen molar-refractivity contribution in [3.63, 3.8) is 0 Å². The van der Waals surface area contributed by atoms with Gasteiger partial charge in [0.05, 0.1) is 12.6 Å². The van der Waals surface area contributed by atoms with Crippen molar-refractivity contribution in [3.05, 3.63) is 35.9 Å². The van der Waals surface area contributed by atoms with Crippen LogP contribution in [0.15, 0.2) is 30.3 Å². The number of carbonyl (C=O) groups is 2. The Balaban J connectivity index is 2.03. The molecule has 0 saturated carbocycles. The molecule has 3 atom stereocenters. The fourth-order valence-corrected chi connectivity index (χ4v) is 3.62. The molecule has 0 N–H and O–H groups in total. The number of hydrogen-bond donors (Lipinski definition) is 0. The van der Waals surface area contributed by atoms with Crippen molar-refractivity contribution in [1.82, 2.24) is 4.90 Å². The Hall–Kier alpha value is -1.68. The van der Waals surface area contributed by atoms with Crippen LogP contribution in [0.5, 0.6) is 0 Å². The van der Waals surface area contributed by atoms with Crippen molar-refractivity contribution >= 4 is 11.7 Å². The van der Waals surface area contributed by atoms with Crippen molar-refractivity contribution in [2.45, 2.75) is 59.2 Å². The molecule has 1 aliphatic heterocycles. The van der Waals surface area contributed by atoms with E-state index in [9.17, 15) is 9.59 Å². The Morgan fingerprint density at radius 1 is 1.25 bits per heavy atom. The van der Waals surface area contributed by atoms with Crippen molar-refractivity contribution in [2.24, 2.45) is 11.8 Å². The highest BCUT2D eigenvalue weighted by molar-refractivity contribution is 5.90. The smallest absolute Gasteiger partial charge is 0.249 e. The molecular weight excluding hydrogens is 302 g/mol. The van der Waals surface area contributed by atoms with Crippen LogP contribution in [0.25, 0.3) is 0 Å². The maximum atomic E-state index is 12.8. The Kier molecular flexibility index (Phi) is 6.55. The minimum absolute atomic E-state index is 0.0261.